The highest BCUT2D eigenvalue weighted by Gasteiger charge is 2.00. The minimum atomic E-state index is 1.03. The molecule has 0 aliphatic rings. The van der Waals surface area contributed by atoms with Crippen LogP contribution in [-0.4, -0.2) is 20.1 Å². The summed E-state index contributed by atoms with van der Waals surface area (Å²) in [6.45, 7) is 7.65. The highest BCUT2D eigenvalue weighted by Crippen LogP contribution is 2.20. The maximum Gasteiger partial charge on any atom is 0.0299 e. The van der Waals surface area contributed by atoms with Crippen LogP contribution in [0, 0.1) is 13.8 Å². The average molecular weight is 226 g/mol. The highest BCUT2D eigenvalue weighted by atomic mass is 32.1. The second-order valence-corrected chi connectivity index (χ2v) is 5.28. The minimum Gasteiger partial charge on any atom is -0.320 e. The zero-order valence-electron chi connectivity index (χ0n) is 10.0. The Bertz CT molecular complexity index is 262. The lowest BCUT2D eigenvalue weighted by Crippen LogP contribution is -2.16. The fraction of sp³-hybridized carbons (Fsp3) is 0.667. The molecule has 1 rings (SSSR count). The summed E-state index contributed by atoms with van der Waals surface area (Å²) in [5.41, 5.74) is 1.42. The van der Waals surface area contributed by atoms with Gasteiger partial charge < -0.3 is 10.6 Å². The van der Waals surface area contributed by atoms with E-state index in [1.54, 1.807) is 0 Å². The van der Waals surface area contributed by atoms with Crippen LogP contribution in [0.3, 0.4) is 0 Å². The summed E-state index contributed by atoms with van der Waals surface area (Å²) in [5.74, 6) is 0. The van der Waals surface area contributed by atoms with Gasteiger partial charge in [0.2, 0.25) is 0 Å². The standard InChI is InChI=1S/C12H22N2S/c1-10-8-12(15-11(10)2)9-14-7-5-4-6-13-3/h8,13-14H,4-7,9H2,1-3H3. The summed E-state index contributed by atoms with van der Waals surface area (Å²) in [6, 6.07) is 2.29. The molecule has 0 aliphatic carbocycles. The monoisotopic (exact) mass is 226 g/mol. The first-order chi connectivity index (χ1) is 7.24. The quantitative estimate of drug-likeness (QED) is 0.698. The summed E-state index contributed by atoms with van der Waals surface area (Å²) in [4.78, 5) is 2.90. The molecule has 0 bridgehead atoms. The van der Waals surface area contributed by atoms with Gasteiger partial charge in [-0.05, 0) is 58.5 Å². The first kappa shape index (κ1) is 12.7. The Morgan fingerprint density at radius 1 is 1.20 bits per heavy atom. The zero-order chi connectivity index (χ0) is 11.1. The van der Waals surface area contributed by atoms with E-state index in [0.717, 1.165) is 19.6 Å². The maximum atomic E-state index is 3.48. The Morgan fingerprint density at radius 3 is 2.53 bits per heavy atom. The zero-order valence-corrected chi connectivity index (χ0v) is 10.8. The van der Waals surface area contributed by atoms with Crippen molar-refractivity contribution in [1.29, 1.82) is 0 Å². The van der Waals surface area contributed by atoms with Crippen LogP contribution in [0.15, 0.2) is 6.07 Å². The van der Waals surface area contributed by atoms with E-state index in [9.17, 15) is 0 Å². The van der Waals surface area contributed by atoms with E-state index < -0.39 is 0 Å². The molecular formula is C12H22N2S. The minimum absolute atomic E-state index is 1.03. The Hall–Kier alpha value is -0.380. The summed E-state index contributed by atoms with van der Waals surface area (Å²) in [7, 11) is 2.00. The lowest BCUT2D eigenvalue weighted by molar-refractivity contribution is 0.608. The van der Waals surface area contributed by atoms with Crippen LogP contribution in [-0.2, 0) is 6.54 Å². The topological polar surface area (TPSA) is 24.1 Å². The normalized spacial score (nSPS) is 10.9. The van der Waals surface area contributed by atoms with Crippen molar-refractivity contribution in [2.45, 2.75) is 33.2 Å². The van der Waals surface area contributed by atoms with Gasteiger partial charge in [-0.1, -0.05) is 0 Å². The van der Waals surface area contributed by atoms with Crippen LogP contribution in [0.4, 0.5) is 0 Å². The van der Waals surface area contributed by atoms with Gasteiger partial charge in [-0.25, -0.2) is 0 Å². The van der Waals surface area contributed by atoms with Gasteiger partial charge in [-0.15, -0.1) is 11.3 Å². The van der Waals surface area contributed by atoms with Gasteiger partial charge in [0.25, 0.3) is 0 Å². The van der Waals surface area contributed by atoms with E-state index in [-0.39, 0.29) is 0 Å². The van der Waals surface area contributed by atoms with Crippen LogP contribution in [0.1, 0.15) is 28.2 Å². The Morgan fingerprint density at radius 2 is 1.93 bits per heavy atom. The van der Waals surface area contributed by atoms with Crippen LogP contribution < -0.4 is 10.6 Å². The molecule has 0 saturated heterocycles. The molecule has 1 aromatic rings. The van der Waals surface area contributed by atoms with Crippen LogP contribution in [0.2, 0.25) is 0 Å². The predicted octanol–water partition coefficient (Wildman–Crippen LogP) is 2.45. The van der Waals surface area contributed by atoms with Gasteiger partial charge >= 0.3 is 0 Å². The summed E-state index contributed by atoms with van der Waals surface area (Å²) < 4.78 is 0. The Labute approximate surface area is 97.1 Å². The molecule has 86 valence electrons. The third-order valence-corrected chi connectivity index (χ3v) is 3.70. The number of thiophene rings is 1. The van der Waals surface area contributed by atoms with Gasteiger partial charge in [0.15, 0.2) is 0 Å². The van der Waals surface area contributed by atoms with Gasteiger partial charge in [-0.3, -0.25) is 0 Å². The molecule has 0 fully saturated rings. The molecule has 0 unspecified atom stereocenters. The molecule has 0 saturated carbocycles. The lowest BCUT2D eigenvalue weighted by Gasteiger charge is -2.02. The molecular weight excluding hydrogens is 204 g/mol. The SMILES string of the molecule is CNCCCCNCc1cc(C)c(C)s1. The molecule has 0 aromatic carbocycles. The smallest absolute Gasteiger partial charge is 0.0299 e. The number of aryl methyl sites for hydroxylation is 2. The largest absolute Gasteiger partial charge is 0.320 e. The van der Waals surface area contributed by atoms with Crippen LogP contribution in [0.25, 0.3) is 0 Å². The fourth-order valence-corrected chi connectivity index (χ4v) is 2.52. The van der Waals surface area contributed by atoms with Gasteiger partial charge in [0, 0.05) is 16.3 Å². The van der Waals surface area contributed by atoms with E-state index in [0.29, 0.717) is 0 Å². The number of hydrogen-bond acceptors (Lipinski definition) is 3. The molecule has 3 heteroatoms. The third kappa shape index (κ3) is 4.78. The summed E-state index contributed by atoms with van der Waals surface area (Å²) >= 11 is 1.91. The van der Waals surface area contributed by atoms with Crippen molar-refractivity contribution in [3.8, 4) is 0 Å². The molecule has 0 spiro atoms. The maximum absolute atomic E-state index is 3.48. The molecule has 1 heterocycles. The van der Waals surface area contributed by atoms with Crippen molar-refractivity contribution in [1.82, 2.24) is 10.6 Å². The van der Waals surface area contributed by atoms with Crippen molar-refractivity contribution < 1.29 is 0 Å². The van der Waals surface area contributed by atoms with Crippen LogP contribution >= 0.6 is 11.3 Å². The highest BCUT2D eigenvalue weighted by molar-refractivity contribution is 7.12. The molecule has 0 radical (unpaired) electrons. The van der Waals surface area contributed by atoms with E-state index in [1.807, 2.05) is 18.4 Å². The first-order valence-corrected chi connectivity index (χ1v) is 6.47. The van der Waals surface area contributed by atoms with Crippen molar-refractivity contribution in [2.75, 3.05) is 20.1 Å². The van der Waals surface area contributed by atoms with Crippen molar-refractivity contribution >= 4 is 11.3 Å². The van der Waals surface area contributed by atoms with E-state index >= 15 is 0 Å². The predicted molar refractivity (Wildman–Crippen MR) is 68.7 cm³/mol. The number of rotatable bonds is 7. The molecule has 0 aliphatic heterocycles. The Kier molecular flexibility index (Phi) is 5.91. The van der Waals surface area contributed by atoms with Crippen molar-refractivity contribution in [2.24, 2.45) is 0 Å². The Balaban J connectivity index is 2.10. The molecule has 15 heavy (non-hydrogen) atoms. The summed E-state index contributed by atoms with van der Waals surface area (Å²) in [5, 5.41) is 6.65. The van der Waals surface area contributed by atoms with Gasteiger partial charge in [-0.2, -0.15) is 0 Å². The van der Waals surface area contributed by atoms with Crippen LogP contribution in [0.5, 0.6) is 0 Å². The second kappa shape index (κ2) is 6.99. The first-order valence-electron chi connectivity index (χ1n) is 5.65. The van der Waals surface area contributed by atoms with Gasteiger partial charge in [0.1, 0.15) is 0 Å². The second-order valence-electron chi connectivity index (χ2n) is 3.94. The third-order valence-electron chi connectivity index (χ3n) is 2.55. The lowest BCUT2D eigenvalue weighted by atomic mass is 10.3. The van der Waals surface area contributed by atoms with E-state index in [4.69, 9.17) is 0 Å². The fourth-order valence-electron chi connectivity index (χ4n) is 1.50. The summed E-state index contributed by atoms with van der Waals surface area (Å²) in [6.07, 6.45) is 2.51. The number of nitrogens with one attached hydrogen (secondary N) is 2. The molecule has 1 aromatic heterocycles. The number of hydrogen-bond donors (Lipinski definition) is 2. The van der Waals surface area contributed by atoms with Gasteiger partial charge in [0.05, 0.1) is 0 Å². The molecule has 0 amide bonds. The van der Waals surface area contributed by atoms with Crippen molar-refractivity contribution in [3.63, 3.8) is 0 Å². The molecule has 2 N–H and O–H groups in total. The van der Waals surface area contributed by atoms with Crippen molar-refractivity contribution in [3.05, 3.63) is 21.4 Å². The van der Waals surface area contributed by atoms with E-state index in [1.165, 1.54) is 28.2 Å². The molecule has 2 nitrogen and oxygen atoms in total. The van der Waals surface area contributed by atoms with E-state index in [2.05, 4.69) is 30.5 Å². The number of unbranched alkanes of at least 4 members (excludes halogenated alkanes) is 1. The molecule has 0 atom stereocenters. The average Bonchev–Trinajstić information content (AvgIpc) is 2.52.